The number of carbonyl (C=O) groups is 3. The van der Waals surface area contributed by atoms with Crippen molar-refractivity contribution in [1.82, 2.24) is 4.90 Å². The molecule has 1 aromatic rings. The second kappa shape index (κ2) is 8.31. The van der Waals surface area contributed by atoms with Gasteiger partial charge in [0.2, 0.25) is 5.91 Å². The number of carboxylic acids is 1. The van der Waals surface area contributed by atoms with Gasteiger partial charge in [-0.2, -0.15) is 0 Å². The lowest BCUT2D eigenvalue weighted by Gasteiger charge is -2.18. The van der Waals surface area contributed by atoms with Gasteiger partial charge in [0.15, 0.2) is 0 Å². The van der Waals surface area contributed by atoms with E-state index in [4.69, 9.17) is 10.8 Å². The molecule has 0 heterocycles. The fourth-order valence-electron chi connectivity index (χ4n) is 1.69. The lowest BCUT2D eigenvalue weighted by atomic mass is 10.2. The molecule has 0 unspecified atom stereocenters. The number of thioether (sulfide) groups is 1. The summed E-state index contributed by atoms with van der Waals surface area (Å²) in [6.07, 6.45) is 0.420. The number of aliphatic carboxylic acids is 1. The zero-order valence-corrected chi connectivity index (χ0v) is 12.6. The predicted octanol–water partition coefficient (Wildman–Crippen LogP) is 1.20. The molecule has 0 radical (unpaired) electrons. The Balaban J connectivity index is 2.72. The van der Waals surface area contributed by atoms with E-state index in [9.17, 15) is 14.4 Å². The van der Waals surface area contributed by atoms with Gasteiger partial charge in [0.1, 0.15) is 0 Å². The van der Waals surface area contributed by atoms with E-state index in [0.717, 1.165) is 0 Å². The Morgan fingerprint density at radius 3 is 2.57 bits per heavy atom. The van der Waals surface area contributed by atoms with Gasteiger partial charge in [0.05, 0.1) is 11.3 Å². The third-order valence-electron chi connectivity index (χ3n) is 2.72. The first-order valence-corrected chi connectivity index (χ1v) is 7.37. The lowest BCUT2D eigenvalue weighted by Crippen LogP contribution is -2.28. The van der Waals surface area contributed by atoms with Crippen LogP contribution in [0.3, 0.4) is 0 Å². The molecule has 0 fully saturated rings. The largest absolute Gasteiger partial charge is 0.481 e. The summed E-state index contributed by atoms with van der Waals surface area (Å²) in [6, 6.07) is 6.96. The zero-order valence-electron chi connectivity index (χ0n) is 11.7. The van der Waals surface area contributed by atoms with Crippen LogP contribution >= 0.6 is 11.8 Å². The van der Waals surface area contributed by atoms with E-state index in [2.05, 4.69) is 0 Å². The van der Waals surface area contributed by atoms with Crippen molar-refractivity contribution in [2.45, 2.75) is 17.7 Å². The van der Waals surface area contributed by atoms with Crippen LogP contribution in [0.25, 0.3) is 0 Å². The molecule has 0 aliphatic carbocycles. The van der Waals surface area contributed by atoms with Crippen LogP contribution in [0.5, 0.6) is 0 Å². The van der Waals surface area contributed by atoms with Crippen LogP contribution < -0.4 is 5.73 Å². The van der Waals surface area contributed by atoms with E-state index in [1.807, 2.05) is 0 Å². The zero-order chi connectivity index (χ0) is 15.8. The summed E-state index contributed by atoms with van der Waals surface area (Å²) >= 11 is 1.21. The molecule has 0 aliphatic heterocycles. The number of benzene rings is 1. The Hall–Kier alpha value is -2.02. The molecule has 1 rings (SSSR count). The molecular weight excluding hydrogens is 292 g/mol. The van der Waals surface area contributed by atoms with Gasteiger partial charge in [-0.1, -0.05) is 12.1 Å². The number of hydrogen-bond acceptors (Lipinski definition) is 4. The summed E-state index contributed by atoms with van der Waals surface area (Å²) in [6.45, 7) is 0.361. The second-order valence-corrected chi connectivity index (χ2v) is 5.49. The molecule has 0 saturated heterocycles. The summed E-state index contributed by atoms with van der Waals surface area (Å²) in [4.78, 5) is 35.8. The molecule has 0 saturated carbocycles. The Labute approximate surface area is 127 Å². The van der Waals surface area contributed by atoms with Crippen molar-refractivity contribution in [3.63, 3.8) is 0 Å². The van der Waals surface area contributed by atoms with E-state index in [1.54, 1.807) is 31.3 Å². The van der Waals surface area contributed by atoms with Crippen molar-refractivity contribution < 1.29 is 19.5 Å². The third-order valence-corrected chi connectivity index (χ3v) is 3.81. The van der Waals surface area contributed by atoms with Gasteiger partial charge >= 0.3 is 5.97 Å². The second-order valence-electron chi connectivity index (χ2n) is 4.48. The summed E-state index contributed by atoms with van der Waals surface area (Å²) in [5, 5.41) is 8.60. The Bertz CT molecular complexity index is 533. The number of primary amides is 1. The average Bonchev–Trinajstić information content (AvgIpc) is 2.44. The molecule has 114 valence electrons. The maximum absolute atomic E-state index is 12.3. The van der Waals surface area contributed by atoms with Gasteiger partial charge in [-0.3, -0.25) is 14.4 Å². The maximum atomic E-state index is 12.3. The fraction of sp³-hybridized carbons (Fsp3) is 0.357. The highest BCUT2D eigenvalue weighted by Crippen LogP contribution is 2.23. The minimum atomic E-state index is -0.881. The fourth-order valence-corrected chi connectivity index (χ4v) is 2.48. The molecule has 2 amide bonds. The highest BCUT2D eigenvalue weighted by Gasteiger charge is 2.16. The van der Waals surface area contributed by atoms with Gasteiger partial charge in [-0.15, -0.1) is 11.8 Å². The van der Waals surface area contributed by atoms with Crippen LogP contribution in [-0.4, -0.2) is 47.1 Å². The van der Waals surface area contributed by atoms with Crippen molar-refractivity contribution >= 4 is 29.5 Å². The quantitative estimate of drug-likeness (QED) is 0.703. The first-order chi connectivity index (χ1) is 9.91. The number of carbonyl (C=O) groups excluding carboxylic acids is 2. The van der Waals surface area contributed by atoms with Crippen LogP contribution in [0.1, 0.15) is 23.2 Å². The normalized spacial score (nSPS) is 10.1. The highest BCUT2D eigenvalue weighted by molar-refractivity contribution is 8.00. The molecule has 0 spiro atoms. The molecule has 21 heavy (non-hydrogen) atoms. The SMILES string of the molecule is CN(CCCC(=O)O)C(=O)c1ccccc1SCC(N)=O. The average molecular weight is 310 g/mol. The maximum Gasteiger partial charge on any atom is 0.303 e. The molecular formula is C14H18N2O4S. The number of nitrogens with zero attached hydrogens (tertiary/aromatic N) is 1. The monoisotopic (exact) mass is 310 g/mol. The van der Waals surface area contributed by atoms with Crippen LogP contribution in [0.2, 0.25) is 0 Å². The van der Waals surface area contributed by atoms with Crippen molar-refractivity contribution in [2.24, 2.45) is 5.73 Å². The molecule has 6 nitrogen and oxygen atoms in total. The molecule has 1 aromatic carbocycles. The van der Waals surface area contributed by atoms with Gasteiger partial charge in [-0.25, -0.2) is 0 Å². The predicted molar refractivity (Wildman–Crippen MR) is 80.2 cm³/mol. The van der Waals surface area contributed by atoms with Crippen molar-refractivity contribution in [2.75, 3.05) is 19.3 Å². The Morgan fingerprint density at radius 2 is 1.95 bits per heavy atom. The lowest BCUT2D eigenvalue weighted by molar-refractivity contribution is -0.137. The van der Waals surface area contributed by atoms with Crippen LogP contribution in [0, 0.1) is 0 Å². The van der Waals surface area contributed by atoms with Gasteiger partial charge in [0.25, 0.3) is 5.91 Å². The van der Waals surface area contributed by atoms with E-state index in [-0.39, 0.29) is 18.1 Å². The topological polar surface area (TPSA) is 101 Å². The first-order valence-electron chi connectivity index (χ1n) is 6.39. The van der Waals surface area contributed by atoms with Gasteiger partial charge in [0, 0.05) is 24.9 Å². The molecule has 7 heteroatoms. The van der Waals surface area contributed by atoms with Gasteiger partial charge in [-0.05, 0) is 18.6 Å². The van der Waals surface area contributed by atoms with E-state index in [0.29, 0.717) is 23.4 Å². The molecule has 0 aromatic heterocycles. The first kappa shape index (κ1) is 17.0. The van der Waals surface area contributed by atoms with Crippen LogP contribution in [0.15, 0.2) is 29.2 Å². The Morgan fingerprint density at radius 1 is 1.29 bits per heavy atom. The number of carboxylic acid groups (broad SMARTS) is 1. The summed E-state index contributed by atoms with van der Waals surface area (Å²) in [5.41, 5.74) is 5.60. The minimum Gasteiger partial charge on any atom is -0.481 e. The minimum absolute atomic E-state index is 0.0235. The van der Waals surface area contributed by atoms with Crippen molar-refractivity contribution in [3.05, 3.63) is 29.8 Å². The Kier molecular flexibility index (Phi) is 6.74. The van der Waals surface area contributed by atoms with Crippen molar-refractivity contribution in [1.29, 1.82) is 0 Å². The van der Waals surface area contributed by atoms with Crippen LogP contribution in [0.4, 0.5) is 0 Å². The summed E-state index contributed by atoms with van der Waals surface area (Å²) < 4.78 is 0. The number of hydrogen-bond donors (Lipinski definition) is 2. The summed E-state index contributed by atoms with van der Waals surface area (Å²) in [7, 11) is 1.62. The van der Waals surface area contributed by atoms with Crippen molar-refractivity contribution in [3.8, 4) is 0 Å². The summed E-state index contributed by atoms with van der Waals surface area (Å²) in [5.74, 6) is -1.43. The van der Waals surface area contributed by atoms with E-state index < -0.39 is 11.9 Å². The smallest absolute Gasteiger partial charge is 0.303 e. The standard InChI is InChI=1S/C14H18N2O4S/c1-16(8-4-7-13(18)19)14(20)10-5-2-3-6-11(10)21-9-12(15)17/h2-3,5-6H,4,7-9H2,1H3,(H2,15,17)(H,18,19). The number of amides is 2. The molecule has 0 aliphatic rings. The molecule has 0 atom stereocenters. The van der Waals surface area contributed by atoms with E-state index in [1.165, 1.54) is 16.7 Å². The van der Waals surface area contributed by atoms with E-state index >= 15 is 0 Å². The molecule has 0 bridgehead atoms. The highest BCUT2D eigenvalue weighted by atomic mass is 32.2. The number of rotatable bonds is 8. The third kappa shape index (κ3) is 5.86. The number of nitrogens with two attached hydrogens (primary N) is 1. The molecule has 3 N–H and O–H groups in total. The van der Waals surface area contributed by atoms with Gasteiger partial charge < -0.3 is 15.7 Å². The van der Waals surface area contributed by atoms with Crippen LogP contribution in [-0.2, 0) is 9.59 Å².